The Labute approximate surface area is 148 Å². The van der Waals surface area contributed by atoms with E-state index in [1.165, 1.54) is 5.56 Å². The van der Waals surface area contributed by atoms with Crippen molar-refractivity contribution >= 4 is 16.9 Å². The number of aromatic nitrogens is 3. The number of H-pyrrole nitrogens is 1. The minimum Gasteiger partial charge on any atom is -0.384 e. The van der Waals surface area contributed by atoms with Gasteiger partial charge in [0.25, 0.3) is 0 Å². The standard InChI is InChI=1S/C18H28FN5O/c1-25-10-7-15-22-16-13(11-21-17(16)18(20)23-15)5-3-2-4-8-24-9-6-14(19)12-24/h11,14,21H,2-10,12H2,1H3,(H2,20,22,23)/t14-/m0/s1. The minimum absolute atomic E-state index is 0.497. The van der Waals surface area contributed by atoms with E-state index in [0.717, 1.165) is 55.6 Å². The quantitative estimate of drug-likeness (QED) is 0.680. The molecule has 3 rings (SSSR count). The molecule has 0 aliphatic carbocycles. The number of nitrogens with zero attached hydrogens (tertiary/aromatic N) is 3. The zero-order valence-electron chi connectivity index (χ0n) is 14.9. The van der Waals surface area contributed by atoms with E-state index >= 15 is 0 Å². The molecule has 1 aliphatic heterocycles. The second-order valence-electron chi connectivity index (χ2n) is 6.80. The van der Waals surface area contributed by atoms with Crippen molar-refractivity contribution in [2.75, 3.05) is 39.1 Å². The number of rotatable bonds is 9. The molecule has 1 fully saturated rings. The number of fused-ring (bicyclic) bond motifs is 1. The fourth-order valence-electron chi connectivity index (χ4n) is 3.44. The van der Waals surface area contributed by atoms with Crippen LogP contribution in [0.4, 0.5) is 10.2 Å². The third kappa shape index (κ3) is 4.67. The first-order chi connectivity index (χ1) is 12.2. The highest BCUT2D eigenvalue weighted by molar-refractivity contribution is 5.87. The molecule has 3 N–H and O–H groups in total. The number of likely N-dealkylation sites (tertiary alicyclic amines) is 1. The van der Waals surface area contributed by atoms with Gasteiger partial charge in [0.1, 0.15) is 17.5 Å². The highest BCUT2D eigenvalue weighted by Gasteiger charge is 2.20. The van der Waals surface area contributed by atoms with Crippen molar-refractivity contribution in [3.63, 3.8) is 0 Å². The summed E-state index contributed by atoms with van der Waals surface area (Å²) in [5.74, 6) is 1.22. The maximum atomic E-state index is 13.2. The molecule has 1 atom stereocenters. The van der Waals surface area contributed by atoms with Crippen LogP contribution in [0.5, 0.6) is 0 Å². The number of hydrogen-bond acceptors (Lipinski definition) is 5. The molecule has 0 radical (unpaired) electrons. The second kappa shape index (κ2) is 8.58. The van der Waals surface area contributed by atoms with Crippen molar-refractivity contribution in [1.29, 1.82) is 0 Å². The van der Waals surface area contributed by atoms with Gasteiger partial charge in [0, 0.05) is 32.8 Å². The van der Waals surface area contributed by atoms with Crippen molar-refractivity contribution in [1.82, 2.24) is 19.9 Å². The summed E-state index contributed by atoms with van der Waals surface area (Å²) < 4.78 is 18.2. The third-order valence-corrected chi connectivity index (χ3v) is 4.84. The zero-order valence-corrected chi connectivity index (χ0v) is 14.9. The SMILES string of the molecule is COCCc1nc(N)c2[nH]cc(CCCCCN3CC[C@H](F)C3)c2n1. The van der Waals surface area contributed by atoms with E-state index in [9.17, 15) is 4.39 Å². The number of aromatic amines is 1. The molecule has 0 amide bonds. The summed E-state index contributed by atoms with van der Waals surface area (Å²) in [6.07, 6.45) is 7.04. The molecule has 0 spiro atoms. The van der Waals surface area contributed by atoms with E-state index in [4.69, 9.17) is 10.5 Å². The Morgan fingerprint density at radius 3 is 2.96 bits per heavy atom. The van der Waals surface area contributed by atoms with Crippen molar-refractivity contribution in [2.45, 2.75) is 44.7 Å². The predicted octanol–water partition coefficient (Wildman–Crippen LogP) is 2.49. The van der Waals surface area contributed by atoms with Gasteiger partial charge in [-0.3, -0.25) is 0 Å². The van der Waals surface area contributed by atoms with Gasteiger partial charge in [-0.1, -0.05) is 6.42 Å². The Morgan fingerprint density at radius 2 is 2.20 bits per heavy atom. The molecule has 138 valence electrons. The number of anilines is 1. The number of nitrogens with two attached hydrogens (primary N) is 1. The summed E-state index contributed by atoms with van der Waals surface area (Å²) >= 11 is 0. The van der Waals surface area contributed by atoms with E-state index in [2.05, 4.69) is 19.9 Å². The van der Waals surface area contributed by atoms with Gasteiger partial charge >= 0.3 is 0 Å². The fraction of sp³-hybridized carbons (Fsp3) is 0.667. The van der Waals surface area contributed by atoms with Crippen LogP contribution >= 0.6 is 0 Å². The van der Waals surface area contributed by atoms with Gasteiger partial charge in [0.05, 0.1) is 12.1 Å². The van der Waals surface area contributed by atoms with E-state index in [1.807, 2.05) is 6.20 Å². The number of halogens is 1. The van der Waals surface area contributed by atoms with Gasteiger partial charge in [-0.2, -0.15) is 0 Å². The lowest BCUT2D eigenvalue weighted by Crippen LogP contribution is -2.22. The number of alkyl halides is 1. The van der Waals surface area contributed by atoms with Gasteiger partial charge in [-0.05, 0) is 37.8 Å². The van der Waals surface area contributed by atoms with E-state index < -0.39 is 6.17 Å². The summed E-state index contributed by atoms with van der Waals surface area (Å²) in [5, 5.41) is 0. The molecule has 0 saturated carbocycles. The van der Waals surface area contributed by atoms with E-state index in [0.29, 0.717) is 31.8 Å². The Balaban J connectivity index is 1.51. The molecular weight excluding hydrogens is 321 g/mol. The van der Waals surface area contributed by atoms with Crippen molar-refractivity contribution in [3.8, 4) is 0 Å². The number of unbranched alkanes of at least 4 members (excludes halogenated alkanes) is 2. The molecule has 0 unspecified atom stereocenters. The molecule has 1 saturated heterocycles. The Hall–Kier alpha value is -1.73. The number of methoxy groups -OCH3 is 1. The molecule has 3 heterocycles. The van der Waals surface area contributed by atoms with Crippen LogP contribution in [0.15, 0.2) is 6.20 Å². The lowest BCUT2D eigenvalue weighted by Gasteiger charge is -2.13. The van der Waals surface area contributed by atoms with Crippen molar-refractivity contribution < 1.29 is 9.13 Å². The van der Waals surface area contributed by atoms with Gasteiger partial charge in [0.15, 0.2) is 5.82 Å². The number of ether oxygens (including phenoxy) is 1. The number of aryl methyl sites for hydroxylation is 1. The molecule has 0 aromatic carbocycles. The van der Waals surface area contributed by atoms with Crippen LogP contribution in [0.3, 0.4) is 0 Å². The van der Waals surface area contributed by atoms with Crippen LogP contribution < -0.4 is 5.73 Å². The Kier molecular flexibility index (Phi) is 6.20. The first-order valence-electron chi connectivity index (χ1n) is 9.15. The first-order valence-corrected chi connectivity index (χ1v) is 9.15. The van der Waals surface area contributed by atoms with Gasteiger partial charge in [-0.15, -0.1) is 0 Å². The summed E-state index contributed by atoms with van der Waals surface area (Å²) in [6.45, 7) is 3.11. The number of nitrogens with one attached hydrogen (secondary N) is 1. The molecule has 2 aromatic rings. The zero-order chi connectivity index (χ0) is 17.6. The fourth-order valence-corrected chi connectivity index (χ4v) is 3.44. The molecule has 0 bridgehead atoms. The van der Waals surface area contributed by atoms with Crippen LogP contribution in [0.1, 0.15) is 37.1 Å². The van der Waals surface area contributed by atoms with E-state index in [1.54, 1.807) is 7.11 Å². The lowest BCUT2D eigenvalue weighted by molar-refractivity contribution is 0.200. The average molecular weight is 349 g/mol. The predicted molar refractivity (Wildman–Crippen MR) is 97.4 cm³/mol. The maximum Gasteiger partial charge on any atom is 0.151 e. The summed E-state index contributed by atoms with van der Waals surface area (Å²) in [5.41, 5.74) is 8.98. The molecule has 25 heavy (non-hydrogen) atoms. The molecule has 1 aliphatic rings. The second-order valence-corrected chi connectivity index (χ2v) is 6.80. The van der Waals surface area contributed by atoms with Crippen LogP contribution in [-0.2, 0) is 17.6 Å². The van der Waals surface area contributed by atoms with Gasteiger partial charge < -0.3 is 20.4 Å². The average Bonchev–Trinajstić information content (AvgIpc) is 3.19. The van der Waals surface area contributed by atoms with Gasteiger partial charge in [0.2, 0.25) is 0 Å². The molecular formula is C18H28FN5O. The maximum absolute atomic E-state index is 13.2. The highest BCUT2D eigenvalue weighted by atomic mass is 19.1. The molecule has 7 heteroatoms. The molecule has 6 nitrogen and oxygen atoms in total. The van der Waals surface area contributed by atoms with Crippen molar-refractivity contribution in [2.24, 2.45) is 0 Å². The third-order valence-electron chi connectivity index (χ3n) is 4.84. The van der Waals surface area contributed by atoms with Crippen LogP contribution in [0, 0.1) is 0 Å². The minimum atomic E-state index is -0.622. The van der Waals surface area contributed by atoms with Crippen LogP contribution in [0.2, 0.25) is 0 Å². The normalized spacial score (nSPS) is 18.4. The van der Waals surface area contributed by atoms with E-state index in [-0.39, 0.29) is 0 Å². The van der Waals surface area contributed by atoms with Crippen LogP contribution in [-0.4, -0.2) is 59.4 Å². The number of hydrogen-bond donors (Lipinski definition) is 2. The summed E-state index contributed by atoms with van der Waals surface area (Å²) in [4.78, 5) is 14.4. The van der Waals surface area contributed by atoms with Crippen molar-refractivity contribution in [3.05, 3.63) is 17.6 Å². The van der Waals surface area contributed by atoms with Gasteiger partial charge in [-0.25, -0.2) is 14.4 Å². The first kappa shape index (κ1) is 18.1. The highest BCUT2D eigenvalue weighted by Crippen LogP contribution is 2.22. The molecule has 2 aromatic heterocycles. The smallest absolute Gasteiger partial charge is 0.151 e. The summed E-state index contributed by atoms with van der Waals surface area (Å²) in [7, 11) is 1.67. The Morgan fingerprint density at radius 1 is 1.32 bits per heavy atom. The lowest BCUT2D eigenvalue weighted by atomic mass is 10.1. The van der Waals surface area contributed by atoms with Crippen LogP contribution in [0.25, 0.3) is 11.0 Å². The Bertz CT molecular complexity index is 689. The number of nitrogen functional groups attached to an aromatic ring is 1. The monoisotopic (exact) mass is 349 g/mol. The summed E-state index contributed by atoms with van der Waals surface area (Å²) in [6, 6.07) is 0. The largest absolute Gasteiger partial charge is 0.384 e. The topological polar surface area (TPSA) is 80.1 Å².